The first-order valence-electron chi connectivity index (χ1n) is 10.2. The summed E-state index contributed by atoms with van der Waals surface area (Å²) < 4.78 is 0. The van der Waals surface area contributed by atoms with Gasteiger partial charge in [-0.25, -0.2) is 0 Å². The first-order valence-corrected chi connectivity index (χ1v) is 11.1. The number of hydrogen-bond acceptors (Lipinski definition) is 7. The minimum Gasteiger partial charge on any atom is -0.325 e. The van der Waals surface area contributed by atoms with Gasteiger partial charge in [0.05, 0.1) is 10.6 Å². The summed E-state index contributed by atoms with van der Waals surface area (Å²) in [6, 6.07) is 15.3. The van der Waals surface area contributed by atoms with Gasteiger partial charge in [0, 0.05) is 24.2 Å². The minimum absolute atomic E-state index is 0.0322. The van der Waals surface area contributed by atoms with E-state index in [1.54, 1.807) is 6.07 Å². The number of carbonyl (C=O) groups is 2. The molecule has 0 radical (unpaired) electrons. The third-order valence-corrected chi connectivity index (χ3v) is 5.70. The Morgan fingerprint density at radius 3 is 2.75 bits per heavy atom. The molecular weight excluding hydrogens is 430 g/mol. The fourth-order valence-corrected chi connectivity index (χ4v) is 3.92. The largest absolute Gasteiger partial charge is 0.325 e. The normalized spacial score (nSPS) is 17.7. The monoisotopic (exact) mass is 453 g/mol. The van der Waals surface area contributed by atoms with Gasteiger partial charge in [0.2, 0.25) is 11.8 Å². The third kappa shape index (κ3) is 6.48. The summed E-state index contributed by atoms with van der Waals surface area (Å²) in [5.74, 6) is -0.775. The summed E-state index contributed by atoms with van der Waals surface area (Å²) in [7, 11) is 0. The number of amidine groups is 1. The number of nitro benzene ring substituents is 1. The Kier molecular flexibility index (Phi) is 8.09. The maximum absolute atomic E-state index is 12.7. The number of hydrogen-bond donors (Lipinski definition) is 2. The molecule has 3 rings (SSSR count). The zero-order chi connectivity index (χ0) is 22.9. The van der Waals surface area contributed by atoms with E-state index in [1.807, 2.05) is 30.3 Å². The number of benzene rings is 2. The van der Waals surface area contributed by atoms with Crippen molar-refractivity contribution in [1.82, 2.24) is 5.32 Å². The van der Waals surface area contributed by atoms with E-state index < -0.39 is 16.1 Å². The highest BCUT2D eigenvalue weighted by Gasteiger charge is 2.30. The van der Waals surface area contributed by atoms with Crippen LogP contribution >= 0.6 is 11.8 Å². The van der Waals surface area contributed by atoms with Gasteiger partial charge in [0.15, 0.2) is 5.17 Å². The van der Waals surface area contributed by atoms with Crippen molar-refractivity contribution in [3.63, 3.8) is 0 Å². The summed E-state index contributed by atoms with van der Waals surface area (Å²) >= 11 is 1.10. The van der Waals surface area contributed by atoms with E-state index in [-0.39, 0.29) is 23.2 Å². The van der Waals surface area contributed by atoms with Crippen LogP contribution in [0.1, 0.15) is 38.2 Å². The van der Waals surface area contributed by atoms with E-state index >= 15 is 0 Å². The lowest BCUT2D eigenvalue weighted by Gasteiger charge is -2.21. The second-order valence-corrected chi connectivity index (χ2v) is 8.27. The number of unbranched alkanes of at least 4 members (excludes halogenated alkanes) is 1. The minimum atomic E-state index is -0.729. The number of nitrogens with one attached hydrogen (secondary N) is 2. The zero-order valence-corrected chi connectivity index (χ0v) is 18.3. The molecule has 0 aromatic heterocycles. The smallest absolute Gasteiger partial charge is 0.271 e. The Hall–Kier alpha value is -3.53. The summed E-state index contributed by atoms with van der Waals surface area (Å²) in [6.45, 7) is 2.09. The maximum Gasteiger partial charge on any atom is 0.271 e. The number of nitro groups is 1. The molecule has 166 valence electrons. The van der Waals surface area contributed by atoms with Gasteiger partial charge in [0.1, 0.15) is 5.25 Å². The molecule has 2 amide bonds. The average Bonchev–Trinajstić information content (AvgIpc) is 2.79. The van der Waals surface area contributed by atoms with Crippen molar-refractivity contribution in [3.8, 4) is 0 Å². The second kappa shape index (κ2) is 11.2. The molecule has 1 saturated heterocycles. The van der Waals surface area contributed by atoms with Crippen LogP contribution in [0.3, 0.4) is 0 Å². The predicted octanol–water partition coefficient (Wildman–Crippen LogP) is 4.11. The van der Waals surface area contributed by atoms with Gasteiger partial charge in [-0.1, -0.05) is 61.5 Å². The van der Waals surface area contributed by atoms with Crippen LogP contribution in [-0.2, 0) is 9.59 Å². The van der Waals surface area contributed by atoms with Crippen LogP contribution in [-0.4, -0.2) is 32.9 Å². The summed E-state index contributed by atoms with van der Waals surface area (Å²) in [5, 5.41) is 24.3. The van der Waals surface area contributed by atoms with E-state index in [9.17, 15) is 19.7 Å². The Bertz CT molecular complexity index is 1060. The molecule has 1 atom stereocenters. The van der Waals surface area contributed by atoms with Gasteiger partial charge in [-0.05, 0) is 24.5 Å². The van der Waals surface area contributed by atoms with Crippen molar-refractivity contribution < 1.29 is 14.5 Å². The van der Waals surface area contributed by atoms with Crippen molar-refractivity contribution in [2.45, 2.75) is 37.9 Å². The molecule has 9 nitrogen and oxygen atoms in total. The predicted molar refractivity (Wildman–Crippen MR) is 126 cm³/mol. The Morgan fingerprint density at radius 1 is 1.25 bits per heavy atom. The van der Waals surface area contributed by atoms with E-state index in [1.165, 1.54) is 18.2 Å². The molecule has 0 aliphatic carbocycles. The average molecular weight is 454 g/mol. The Morgan fingerprint density at radius 2 is 2.03 bits per heavy atom. The van der Waals surface area contributed by atoms with Crippen LogP contribution in [0.2, 0.25) is 0 Å². The van der Waals surface area contributed by atoms with Crippen LogP contribution in [0.15, 0.2) is 64.8 Å². The van der Waals surface area contributed by atoms with Crippen molar-refractivity contribution >= 4 is 45.8 Å². The number of non-ortho nitro benzene ring substituents is 1. The fourth-order valence-electron chi connectivity index (χ4n) is 2.99. The molecule has 2 N–H and O–H groups in total. The number of amides is 2. The maximum atomic E-state index is 12.7. The molecule has 1 heterocycles. The molecular formula is C22H23N5O4S. The molecule has 0 spiro atoms. The van der Waals surface area contributed by atoms with E-state index in [0.717, 1.165) is 42.3 Å². The zero-order valence-electron chi connectivity index (χ0n) is 17.5. The number of anilines is 1. The van der Waals surface area contributed by atoms with Gasteiger partial charge in [-0.2, -0.15) is 5.10 Å². The summed E-state index contributed by atoms with van der Waals surface area (Å²) in [4.78, 5) is 35.2. The molecule has 2 aromatic carbocycles. The molecule has 1 fully saturated rings. The standard InChI is InChI=1S/C22H23N5O4S/c1-2-3-12-18(15-8-5-4-6-9-15)25-26-22-24-20(28)14-19(32-22)21(29)23-16-10-7-11-17(13-16)27(30)31/h4-11,13,19H,2-3,12,14H2,1H3,(H,23,29)(H,24,26,28). The summed E-state index contributed by atoms with van der Waals surface area (Å²) in [6.07, 6.45) is 2.67. The highest BCUT2D eigenvalue weighted by molar-refractivity contribution is 8.15. The molecule has 1 aliphatic heterocycles. The van der Waals surface area contributed by atoms with Crippen LogP contribution in [0.5, 0.6) is 0 Å². The van der Waals surface area contributed by atoms with E-state index in [4.69, 9.17) is 0 Å². The van der Waals surface area contributed by atoms with E-state index in [0.29, 0.717) is 5.69 Å². The summed E-state index contributed by atoms with van der Waals surface area (Å²) in [5.41, 5.74) is 1.92. The number of rotatable bonds is 8. The van der Waals surface area contributed by atoms with Gasteiger partial charge in [0.25, 0.3) is 5.69 Å². The molecule has 10 heteroatoms. The quantitative estimate of drug-likeness (QED) is 0.353. The molecule has 1 aliphatic rings. The second-order valence-electron chi connectivity index (χ2n) is 7.08. The van der Waals surface area contributed by atoms with E-state index in [2.05, 4.69) is 27.8 Å². The molecule has 1 unspecified atom stereocenters. The van der Waals surface area contributed by atoms with Gasteiger partial charge < -0.3 is 10.6 Å². The highest BCUT2D eigenvalue weighted by Crippen LogP contribution is 2.24. The molecule has 32 heavy (non-hydrogen) atoms. The molecule has 0 bridgehead atoms. The van der Waals surface area contributed by atoms with Crippen LogP contribution in [0.4, 0.5) is 11.4 Å². The highest BCUT2D eigenvalue weighted by atomic mass is 32.2. The fraction of sp³-hybridized carbons (Fsp3) is 0.273. The van der Waals surface area contributed by atoms with Crippen LogP contribution in [0.25, 0.3) is 0 Å². The lowest BCUT2D eigenvalue weighted by Crippen LogP contribution is -2.41. The van der Waals surface area contributed by atoms with Gasteiger partial charge in [-0.3, -0.25) is 19.7 Å². The van der Waals surface area contributed by atoms with Gasteiger partial charge >= 0.3 is 0 Å². The third-order valence-electron chi connectivity index (χ3n) is 4.62. The van der Waals surface area contributed by atoms with Crippen molar-refractivity contribution in [2.24, 2.45) is 10.2 Å². The molecule has 2 aromatic rings. The van der Waals surface area contributed by atoms with Gasteiger partial charge in [-0.15, -0.1) is 5.10 Å². The molecule has 0 saturated carbocycles. The van der Waals surface area contributed by atoms with Crippen molar-refractivity contribution in [3.05, 3.63) is 70.3 Å². The van der Waals surface area contributed by atoms with Crippen LogP contribution < -0.4 is 10.6 Å². The number of thioether (sulfide) groups is 1. The Labute approximate surface area is 189 Å². The van der Waals surface area contributed by atoms with Crippen molar-refractivity contribution in [1.29, 1.82) is 0 Å². The first kappa shape index (κ1) is 23.1. The topological polar surface area (TPSA) is 126 Å². The lowest BCUT2D eigenvalue weighted by atomic mass is 10.1. The number of nitrogens with zero attached hydrogens (tertiary/aromatic N) is 3. The number of carbonyl (C=O) groups excluding carboxylic acids is 2. The SMILES string of the molecule is CCCCC(=NN=C1NC(=O)CC(C(=O)Nc2cccc([N+](=O)[O-])c2)S1)c1ccccc1. The lowest BCUT2D eigenvalue weighted by molar-refractivity contribution is -0.384. The Balaban J connectivity index is 1.74. The first-order chi connectivity index (χ1) is 15.5. The van der Waals surface area contributed by atoms with Crippen molar-refractivity contribution in [2.75, 3.05) is 5.32 Å². The van der Waals surface area contributed by atoms with Crippen LogP contribution in [0, 0.1) is 10.1 Å².